The van der Waals surface area contributed by atoms with Gasteiger partial charge in [-0.2, -0.15) is 0 Å². The number of rotatable bonds is 5. The fourth-order valence-electron chi connectivity index (χ4n) is 4.58. The molecule has 12 nitrogen and oxygen atoms in total. The minimum Gasteiger partial charge on any atom is -0.387 e. The number of hydrogen-bond donors (Lipinski definition) is 3. The highest BCUT2D eigenvalue weighted by Crippen LogP contribution is 2.62. The number of aliphatic hydroxyl groups excluding tert-OH is 1. The number of anilines is 1. The lowest BCUT2D eigenvalue weighted by molar-refractivity contribution is -0.0967. The number of hydrogen-bond acceptors (Lipinski definition) is 11. The SMILES string of the molecule is CC1(C)C[C@@H](c2cccc(F)c2F)O[P@@](=O)(OC[C@H]2O[C@@H](n3cnc4c(N)ncnc43)[C@](C)(O)[C@@H]2O)O1. The molecule has 0 spiro atoms. The van der Waals surface area contributed by atoms with Crippen molar-refractivity contribution in [2.75, 3.05) is 12.3 Å². The van der Waals surface area contributed by atoms with Crippen molar-refractivity contribution in [2.24, 2.45) is 0 Å². The predicted molar refractivity (Wildman–Crippen MR) is 124 cm³/mol. The van der Waals surface area contributed by atoms with Crippen LogP contribution in [0.2, 0.25) is 0 Å². The maximum absolute atomic E-state index is 14.4. The average molecular weight is 541 g/mol. The minimum atomic E-state index is -4.36. The Kier molecular flexibility index (Phi) is 6.35. The average Bonchev–Trinajstić information content (AvgIpc) is 3.33. The van der Waals surface area contributed by atoms with Crippen molar-refractivity contribution in [3.05, 3.63) is 48.1 Å². The lowest BCUT2D eigenvalue weighted by atomic mass is 9.96. The summed E-state index contributed by atoms with van der Waals surface area (Å²) in [5, 5.41) is 21.9. The lowest BCUT2D eigenvalue weighted by Gasteiger charge is -2.39. The van der Waals surface area contributed by atoms with Gasteiger partial charge < -0.3 is 20.7 Å². The number of ether oxygens (including phenoxy) is 1. The van der Waals surface area contributed by atoms with Crippen LogP contribution < -0.4 is 5.73 Å². The Labute approximate surface area is 210 Å². The van der Waals surface area contributed by atoms with Crippen LogP contribution in [0, 0.1) is 11.6 Å². The maximum Gasteiger partial charge on any atom is 0.476 e. The summed E-state index contributed by atoms with van der Waals surface area (Å²) in [5.41, 5.74) is 3.30. The topological polar surface area (TPSA) is 164 Å². The van der Waals surface area contributed by atoms with E-state index in [-0.39, 0.29) is 29.0 Å². The Hall–Kier alpha value is -2.58. The normalized spacial score (nSPS) is 33.7. The molecule has 0 unspecified atom stereocenters. The molecule has 0 amide bonds. The molecule has 6 atom stereocenters. The van der Waals surface area contributed by atoms with Crippen LogP contribution in [0.5, 0.6) is 0 Å². The van der Waals surface area contributed by atoms with Crippen LogP contribution in [0.4, 0.5) is 14.6 Å². The molecule has 2 aromatic heterocycles. The van der Waals surface area contributed by atoms with Crippen LogP contribution in [0.15, 0.2) is 30.9 Å². The molecule has 0 aliphatic carbocycles. The molecule has 0 saturated carbocycles. The zero-order valence-electron chi connectivity index (χ0n) is 20.1. The third-order valence-electron chi connectivity index (χ3n) is 6.41. The van der Waals surface area contributed by atoms with Crippen LogP contribution >= 0.6 is 7.82 Å². The molecule has 15 heteroatoms. The molecule has 2 aliphatic rings. The second-order valence-corrected chi connectivity index (χ2v) is 11.4. The molecule has 2 fully saturated rings. The molecule has 0 radical (unpaired) electrons. The quantitative estimate of drug-likeness (QED) is 0.407. The van der Waals surface area contributed by atoms with E-state index in [0.717, 1.165) is 6.07 Å². The van der Waals surface area contributed by atoms with Crippen molar-refractivity contribution >= 4 is 24.8 Å². The zero-order valence-corrected chi connectivity index (χ0v) is 21.0. The molecule has 4 N–H and O–H groups in total. The van der Waals surface area contributed by atoms with E-state index in [1.165, 1.54) is 36.3 Å². The van der Waals surface area contributed by atoms with Gasteiger partial charge in [-0.25, -0.2) is 28.3 Å². The van der Waals surface area contributed by atoms with Gasteiger partial charge in [0.2, 0.25) is 0 Å². The summed E-state index contributed by atoms with van der Waals surface area (Å²) in [6.07, 6.45) is -2.37. The van der Waals surface area contributed by atoms with Crippen LogP contribution in [-0.4, -0.2) is 59.7 Å². The Morgan fingerprint density at radius 3 is 2.78 bits per heavy atom. The van der Waals surface area contributed by atoms with E-state index in [2.05, 4.69) is 15.0 Å². The van der Waals surface area contributed by atoms with Gasteiger partial charge in [0.15, 0.2) is 29.3 Å². The van der Waals surface area contributed by atoms with E-state index in [1.54, 1.807) is 13.8 Å². The van der Waals surface area contributed by atoms with Crippen molar-refractivity contribution in [3.63, 3.8) is 0 Å². The highest BCUT2D eigenvalue weighted by molar-refractivity contribution is 7.48. The summed E-state index contributed by atoms with van der Waals surface area (Å²) in [7, 11) is -4.36. The van der Waals surface area contributed by atoms with Gasteiger partial charge in [-0.3, -0.25) is 18.1 Å². The van der Waals surface area contributed by atoms with Crippen LogP contribution in [0.25, 0.3) is 11.2 Å². The third kappa shape index (κ3) is 4.63. The summed E-state index contributed by atoms with van der Waals surface area (Å²) in [4.78, 5) is 12.1. The van der Waals surface area contributed by atoms with Crippen molar-refractivity contribution in [1.29, 1.82) is 0 Å². The highest BCUT2D eigenvalue weighted by Gasteiger charge is 2.55. The molecular weight excluding hydrogens is 515 g/mol. The third-order valence-corrected chi connectivity index (χ3v) is 8.11. The standard InChI is InChI=1S/C22H26F2N5O7P/c1-21(2)7-13(11-5-4-6-12(23)15(11)24)35-37(32,36-21)33-8-14-17(30)22(3,31)20(34-14)29-10-28-16-18(25)26-9-27-19(16)29/h4-6,9-10,13-14,17,20,30-31H,7-8H2,1-3H3,(H2,25,26,27)/t13-,14+,17+,20+,22+,37+/m0/s1. The van der Waals surface area contributed by atoms with Crippen molar-refractivity contribution in [1.82, 2.24) is 19.5 Å². The number of fused-ring (bicyclic) bond motifs is 1. The second kappa shape index (κ2) is 9.02. The summed E-state index contributed by atoms with van der Waals surface area (Å²) in [6, 6.07) is 3.60. The van der Waals surface area contributed by atoms with E-state index >= 15 is 0 Å². The molecule has 2 saturated heterocycles. The molecule has 0 bridgehead atoms. The van der Waals surface area contributed by atoms with Crippen LogP contribution in [-0.2, 0) is 22.9 Å². The molecule has 4 heterocycles. The molecule has 2 aliphatic heterocycles. The molecular formula is C22H26F2N5O7P. The predicted octanol–water partition coefficient (Wildman–Crippen LogP) is 2.78. The van der Waals surface area contributed by atoms with Gasteiger partial charge in [-0.05, 0) is 26.8 Å². The first-order chi connectivity index (χ1) is 17.3. The highest BCUT2D eigenvalue weighted by atomic mass is 31.2. The monoisotopic (exact) mass is 541 g/mol. The second-order valence-electron chi connectivity index (χ2n) is 9.82. The number of benzene rings is 1. The zero-order chi connectivity index (χ0) is 26.8. The van der Waals surface area contributed by atoms with Gasteiger partial charge in [0.25, 0.3) is 0 Å². The number of nitrogens with zero attached hydrogens (tertiary/aromatic N) is 4. The summed E-state index contributed by atoms with van der Waals surface area (Å²) >= 11 is 0. The van der Waals surface area contributed by atoms with Crippen molar-refractivity contribution in [3.8, 4) is 0 Å². The van der Waals surface area contributed by atoms with E-state index in [1.807, 2.05) is 0 Å². The molecule has 3 aromatic rings. The van der Waals surface area contributed by atoms with E-state index in [9.17, 15) is 23.6 Å². The van der Waals surface area contributed by atoms with Gasteiger partial charge in [0.1, 0.15) is 35.8 Å². The Morgan fingerprint density at radius 1 is 1.27 bits per heavy atom. The lowest BCUT2D eigenvalue weighted by Crippen LogP contribution is -2.44. The fourth-order valence-corrected chi connectivity index (χ4v) is 6.24. The summed E-state index contributed by atoms with van der Waals surface area (Å²) < 4.78 is 65.5. The van der Waals surface area contributed by atoms with Gasteiger partial charge in [0, 0.05) is 12.0 Å². The van der Waals surface area contributed by atoms with Gasteiger partial charge in [-0.1, -0.05) is 12.1 Å². The van der Waals surface area contributed by atoms with E-state index in [0.29, 0.717) is 0 Å². The molecule has 1 aromatic carbocycles. The number of phosphoric ester groups is 1. The summed E-state index contributed by atoms with van der Waals surface area (Å²) in [5.74, 6) is -2.07. The first-order valence-corrected chi connectivity index (χ1v) is 12.8. The number of imidazole rings is 1. The largest absolute Gasteiger partial charge is 0.476 e. The first-order valence-electron chi connectivity index (χ1n) is 11.4. The fraction of sp³-hybridized carbons (Fsp3) is 0.500. The Balaban J connectivity index is 1.36. The maximum atomic E-state index is 14.4. The Bertz CT molecular complexity index is 1390. The van der Waals surface area contributed by atoms with Crippen molar-refractivity contribution in [2.45, 2.75) is 62.9 Å². The van der Waals surface area contributed by atoms with Gasteiger partial charge in [-0.15, -0.1) is 0 Å². The number of aromatic nitrogens is 4. The molecule has 200 valence electrons. The Morgan fingerprint density at radius 2 is 2.03 bits per heavy atom. The molecule has 37 heavy (non-hydrogen) atoms. The first kappa shape index (κ1) is 26.0. The minimum absolute atomic E-state index is 0.0682. The van der Waals surface area contributed by atoms with E-state index in [4.69, 9.17) is 24.0 Å². The number of nitrogen functional groups attached to an aromatic ring is 1. The summed E-state index contributed by atoms with van der Waals surface area (Å²) in [6.45, 7) is 4.04. The molecule has 5 rings (SSSR count). The van der Waals surface area contributed by atoms with Crippen LogP contribution in [0.3, 0.4) is 0 Å². The van der Waals surface area contributed by atoms with Gasteiger partial charge in [0.05, 0.1) is 18.5 Å². The number of nitrogens with two attached hydrogens (primary N) is 1. The smallest absolute Gasteiger partial charge is 0.387 e. The van der Waals surface area contributed by atoms with Crippen LogP contribution in [0.1, 0.15) is 45.1 Å². The number of phosphoric acid groups is 1. The van der Waals surface area contributed by atoms with Crippen molar-refractivity contribution < 1.29 is 41.9 Å². The number of halogens is 2. The van der Waals surface area contributed by atoms with E-state index < -0.39 is 61.8 Å². The van der Waals surface area contributed by atoms with Gasteiger partial charge >= 0.3 is 7.82 Å². The number of aliphatic hydroxyl groups is 2.